The van der Waals surface area contributed by atoms with Crippen LogP contribution in [-0.4, -0.2) is 30.2 Å². The molecule has 1 fully saturated rings. The van der Waals surface area contributed by atoms with E-state index in [0.717, 1.165) is 49.4 Å². The number of hydrogen-bond donors (Lipinski definition) is 1. The number of nitrogens with zero attached hydrogens (tertiary/aromatic N) is 1. The zero-order valence-electron chi connectivity index (χ0n) is 16.0. The van der Waals surface area contributed by atoms with Crippen molar-refractivity contribution in [3.63, 3.8) is 0 Å². The molecule has 5 nitrogen and oxygen atoms in total. The first kappa shape index (κ1) is 17.9. The van der Waals surface area contributed by atoms with Crippen LogP contribution in [-0.2, 0) is 11.3 Å². The van der Waals surface area contributed by atoms with Gasteiger partial charge in [-0.15, -0.1) is 0 Å². The standard InChI is InChI=1S/C22H26N2O3/c1-16-7-3-4-8-17(16)14-24(2)15-21(25)23-18-9-10-19-20(13-18)27-22(26-19)11-5-6-12-22/h3-4,7-10,13H,5-6,11-12,14-15H2,1-2H3,(H,23,25). The summed E-state index contributed by atoms with van der Waals surface area (Å²) in [4.78, 5) is 14.4. The summed E-state index contributed by atoms with van der Waals surface area (Å²) < 4.78 is 12.1. The summed E-state index contributed by atoms with van der Waals surface area (Å²) in [5, 5.41) is 2.97. The molecule has 0 atom stereocenters. The molecule has 1 heterocycles. The Morgan fingerprint density at radius 3 is 2.63 bits per heavy atom. The fourth-order valence-electron chi connectivity index (χ4n) is 3.87. The molecule has 2 aliphatic rings. The maximum atomic E-state index is 12.4. The number of ether oxygens (including phenoxy) is 2. The highest BCUT2D eigenvalue weighted by atomic mass is 16.7. The van der Waals surface area contributed by atoms with Crippen LogP contribution in [0.4, 0.5) is 5.69 Å². The quantitative estimate of drug-likeness (QED) is 0.865. The maximum Gasteiger partial charge on any atom is 0.251 e. The molecule has 0 aromatic heterocycles. The summed E-state index contributed by atoms with van der Waals surface area (Å²) in [5.74, 6) is 0.980. The van der Waals surface area contributed by atoms with Crippen molar-refractivity contribution in [3.05, 3.63) is 53.6 Å². The average molecular weight is 366 g/mol. The highest BCUT2D eigenvalue weighted by Gasteiger charge is 2.44. The monoisotopic (exact) mass is 366 g/mol. The highest BCUT2D eigenvalue weighted by molar-refractivity contribution is 5.92. The van der Waals surface area contributed by atoms with Crippen molar-refractivity contribution < 1.29 is 14.3 Å². The van der Waals surface area contributed by atoms with E-state index in [0.29, 0.717) is 6.54 Å². The first-order chi connectivity index (χ1) is 13.0. The third-order valence-electron chi connectivity index (χ3n) is 5.30. The predicted octanol–water partition coefficient (Wildman–Crippen LogP) is 4.11. The van der Waals surface area contributed by atoms with Crippen molar-refractivity contribution in [3.8, 4) is 11.5 Å². The van der Waals surface area contributed by atoms with Gasteiger partial charge in [0.1, 0.15) is 0 Å². The molecule has 1 N–H and O–H groups in total. The Morgan fingerprint density at radius 2 is 1.85 bits per heavy atom. The molecule has 1 amide bonds. The lowest BCUT2D eigenvalue weighted by atomic mass is 10.1. The van der Waals surface area contributed by atoms with Crippen molar-refractivity contribution in [2.75, 3.05) is 18.9 Å². The molecule has 5 heteroatoms. The molecule has 0 bridgehead atoms. The Morgan fingerprint density at radius 1 is 1.11 bits per heavy atom. The van der Waals surface area contributed by atoms with E-state index in [1.165, 1.54) is 11.1 Å². The summed E-state index contributed by atoms with van der Waals surface area (Å²) >= 11 is 0. The van der Waals surface area contributed by atoms with E-state index in [1.807, 2.05) is 42.3 Å². The van der Waals surface area contributed by atoms with E-state index in [1.54, 1.807) is 0 Å². The Kier molecular flexibility index (Phi) is 4.79. The largest absolute Gasteiger partial charge is 0.448 e. The molecule has 2 aromatic rings. The van der Waals surface area contributed by atoms with E-state index < -0.39 is 5.79 Å². The van der Waals surface area contributed by atoms with Gasteiger partial charge < -0.3 is 14.8 Å². The van der Waals surface area contributed by atoms with Gasteiger partial charge in [-0.2, -0.15) is 0 Å². The van der Waals surface area contributed by atoms with E-state index in [-0.39, 0.29) is 5.91 Å². The number of amides is 1. The molecule has 142 valence electrons. The lowest BCUT2D eigenvalue weighted by Gasteiger charge is -2.21. The number of likely N-dealkylation sites (N-methyl/N-ethyl adjacent to an activating group) is 1. The first-order valence-corrected chi connectivity index (χ1v) is 9.58. The molecule has 0 unspecified atom stereocenters. The lowest BCUT2D eigenvalue weighted by molar-refractivity contribution is -0.117. The Balaban J connectivity index is 1.34. The second-order valence-corrected chi connectivity index (χ2v) is 7.63. The van der Waals surface area contributed by atoms with Gasteiger partial charge in [0.2, 0.25) is 5.91 Å². The van der Waals surface area contributed by atoms with Crippen LogP contribution >= 0.6 is 0 Å². The number of carbonyl (C=O) groups excluding carboxylic acids is 1. The third-order valence-corrected chi connectivity index (χ3v) is 5.30. The van der Waals surface area contributed by atoms with Crippen LogP contribution in [0.5, 0.6) is 11.5 Å². The molecule has 1 saturated carbocycles. The number of rotatable bonds is 5. The van der Waals surface area contributed by atoms with Gasteiger partial charge in [-0.1, -0.05) is 24.3 Å². The molecule has 4 rings (SSSR count). The summed E-state index contributed by atoms with van der Waals surface area (Å²) in [6.45, 7) is 3.16. The number of hydrogen-bond acceptors (Lipinski definition) is 4. The van der Waals surface area contributed by atoms with Crippen molar-refractivity contribution >= 4 is 11.6 Å². The summed E-state index contributed by atoms with van der Waals surface area (Å²) in [6.07, 6.45) is 4.11. The fraction of sp³-hybridized carbons (Fsp3) is 0.409. The molecule has 0 saturated heterocycles. The average Bonchev–Trinajstić information content (AvgIpc) is 3.22. The summed E-state index contributed by atoms with van der Waals surface area (Å²) in [7, 11) is 1.95. The van der Waals surface area contributed by atoms with Crippen molar-refractivity contribution in [1.82, 2.24) is 4.90 Å². The van der Waals surface area contributed by atoms with Crippen molar-refractivity contribution in [2.24, 2.45) is 0 Å². The van der Waals surface area contributed by atoms with Crippen molar-refractivity contribution in [2.45, 2.75) is 44.9 Å². The van der Waals surface area contributed by atoms with Gasteiger partial charge in [-0.3, -0.25) is 9.69 Å². The number of aryl methyl sites for hydroxylation is 1. The number of nitrogens with one attached hydrogen (secondary N) is 1. The lowest BCUT2D eigenvalue weighted by Crippen LogP contribution is -2.34. The highest BCUT2D eigenvalue weighted by Crippen LogP contribution is 2.47. The maximum absolute atomic E-state index is 12.4. The smallest absolute Gasteiger partial charge is 0.251 e. The van der Waals surface area contributed by atoms with E-state index in [2.05, 4.69) is 24.4 Å². The van der Waals surface area contributed by atoms with Crippen LogP contribution in [0.1, 0.15) is 36.8 Å². The number of fused-ring (bicyclic) bond motifs is 1. The van der Waals surface area contributed by atoms with Gasteiger partial charge in [0.15, 0.2) is 11.5 Å². The summed E-state index contributed by atoms with van der Waals surface area (Å²) in [6, 6.07) is 13.9. The molecule has 1 aliphatic carbocycles. The zero-order valence-corrected chi connectivity index (χ0v) is 16.0. The zero-order chi connectivity index (χ0) is 18.9. The molecule has 2 aromatic carbocycles. The van der Waals surface area contributed by atoms with Gasteiger partial charge in [-0.25, -0.2) is 0 Å². The number of anilines is 1. The van der Waals surface area contributed by atoms with Crippen LogP contribution in [0.3, 0.4) is 0 Å². The third kappa shape index (κ3) is 3.93. The SMILES string of the molecule is Cc1ccccc1CN(C)CC(=O)Nc1ccc2c(c1)OC1(CCCC1)O2. The minimum Gasteiger partial charge on any atom is -0.448 e. The van der Waals surface area contributed by atoms with E-state index in [4.69, 9.17) is 9.47 Å². The topological polar surface area (TPSA) is 50.8 Å². The molecule has 27 heavy (non-hydrogen) atoms. The molecule has 1 aliphatic heterocycles. The van der Waals surface area contributed by atoms with Gasteiger partial charge >= 0.3 is 0 Å². The van der Waals surface area contributed by atoms with Crippen LogP contribution in [0.25, 0.3) is 0 Å². The van der Waals surface area contributed by atoms with Crippen LogP contribution < -0.4 is 14.8 Å². The van der Waals surface area contributed by atoms with E-state index >= 15 is 0 Å². The van der Waals surface area contributed by atoms with E-state index in [9.17, 15) is 4.79 Å². The van der Waals surface area contributed by atoms with Gasteiger partial charge in [0.25, 0.3) is 5.79 Å². The molecular formula is C22H26N2O3. The first-order valence-electron chi connectivity index (χ1n) is 9.58. The Hall–Kier alpha value is -2.53. The minimum absolute atomic E-state index is 0.0412. The Labute approximate surface area is 160 Å². The molecule has 0 radical (unpaired) electrons. The van der Waals surface area contributed by atoms with Crippen LogP contribution in [0, 0.1) is 6.92 Å². The number of carbonyl (C=O) groups is 1. The minimum atomic E-state index is -0.473. The number of benzene rings is 2. The summed E-state index contributed by atoms with van der Waals surface area (Å²) in [5.41, 5.74) is 3.21. The van der Waals surface area contributed by atoms with Crippen molar-refractivity contribution in [1.29, 1.82) is 0 Å². The second kappa shape index (κ2) is 7.24. The van der Waals surface area contributed by atoms with Crippen LogP contribution in [0.2, 0.25) is 0 Å². The van der Waals surface area contributed by atoms with Gasteiger partial charge in [0.05, 0.1) is 6.54 Å². The molecule has 1 spiro atoms. The van der Waals surface area contributed by atoms with Gasteiger partial charge in [-0.05, 0) is 50.1 Å². The second-order valence-electron chi connectivity index (χ2n) is 7.63. The fourth-order valence-corrected chi connectivity index (χ4v) is 3.87. The van der Waals surface area contributed by atoms with Crippen LogP contribution in [0.15, 0.2) is 42.5 Å². The van der Waals surface area contributed by atoms with Gasteiger partial charge in [0, 0.05) is 31.1 Å². The normalized spacial score (nSPS) is 16.9. The predicted molar refractivity (Wildman–Crippen MR) is 105 cm³/mol. The molecular weight excluding hydrogens is 340 g/mol. The Bertz CT molecular complexity index is 843.